The van der Waals surface area contributed by atoms with E-state index in [1.54, 1.807) is 29.2 Å². The molecule has 6 nitrogen and oxygen atoms in total. The maximum atomic E-state index is 13.5. The van der Waals surface area contributed by atoms with Crippen molar-refractivity contribution in [3.63, 3.8) is 0 Å². The third kappa shape index (κ3) is 3.15. The first-order chi connectivity index (χ1) is 14.4. The zero-order chi connectivity index (χ0) is 21.0. The summed E-state index contributed by atoms with van der Waals surface area (Å²) in [5.41, 5.74) is 1.06. The number of carbonyl (C=O) groups is 1. The highest BCUT2D eigenvalue weighted by molar-refractivity contribution is 7.21. The quantitative estimate of drug-likeness (QED) is 0.410. The SMILES string of the molecule is C[C@@H]1c2nnc(-c3nc4cc(F)ccc4s3)n2CCN1C(=O)c1ccc(Cl)c(Cl)c1. The van der Waals surface area contributed by atoms with Crippen LogP contribution in [-0.2, 0) is 6.54 Å². The number of aromatic nitrogens is 4. The molecule has 0 bridgehead atoms. The average Bonchev–Trinajstić information content (AvgIpc) is 3.33. The van der Waals surface area contributed by atoms with E-state index in [1.807, 2.05) is 11.5 Å². The van der Waals surface area contributed by atoms with Crippen molar-refractivity contribution < 1.29 is 9.18 Å². The molecule has 10 heteroatoms. The number of thiazole rings is 1. The Labute approximate surface area is 184 Å². The molecule has 1 aliphatic heterocycles. The monoisotopic (exact) mass is 461 g/mol. The van der Waals surface area contributed by atoms with Gasteiger partial charge in [-0.25, -0.2) is 9.37 Å². The van der Waals surface area contributed by atoms with Crippen LogP contribution in [0.4, 0.5) is 4.39 Å². The molecule has 30 heavy (non-hydrogen) atoms. The highest BCUT2D eigenvalue weighted by Gasteiger charge is 2.32. The van der Waals surface area contributed by atoms with E-state index in [0.29, 0.717) is 50.9 Å². The van der Waals surface area contributed by atoms with E-state index in [1.165, 1.54) is 23.5 Å². The van der Waals surface area contributed by atoms with Gasteiger partial charge in [-0.3, -0.25) is 4.79 Å². The Bertz CT molecular complexity index is 1300. The molecule has 4 aromatic rings. The first-order valence-electron chi connectivity index (χ1n) is 9.18. The van der Waals surface area contributed by atoms with Crippen molar-refractivity contribution in [2.24, 2.45) is 0 Å². The van der Waals surface area contributed by atoms with E-state index in [9.17, 15) is 9.18 Å². The summed E-state index contributed by atoms with van der Waals surface area (Å²) in [6.45, 7) is 2.92. The fourth-order valence-corrected chi connectivity index (χ4v) is 4.85. The fourth-order valence-electron chi connectivity index (χ4n) is 3.61. The molecule has 1 atom stereocenters. The van der Waals surface area contributed by atoms with Crippen LogP contribution in [0, 0.1) is 5.82 Å². The lowest BCUT2D eigenvalue weighted by molar-refractivity contribution is 0.0638. The van der Waals surface area contributed by atoms with E-state index in [0.717, 1.165) is 4.70 Å². The van der Waals surface area contributed by atoms with Gasteiger partial charge in [0.25, 0.3) is 5.91 Å². The average molecular weight is 462 g/mol. The Morgan fingerprint density at radius 1 is 1.13 bits per heavy atom. The zero-order valence-corrected chi connectivity index (χ0v) is 18.0. The molecule has 0 fully saturated rings. The first kappa shape index (κ1) is 19.4. The second-order valence-corrected chi connectivity index (χ2v) is 8.81. The van der Waals surface area contributed by atoms with Gasteiger partial charge in [0.2, 0.25) is 0 Å². The molecule has 3 heterocycles. The number of rotatable bonds is 2. The fraction of sp³-hybridized carbons (Fsp3) is 0.200. The Morgan fingerprint density at radius 3 is 2.77 bits per heavy atom. The molecule has 152 valence electrons. The van der Waals surface area contributed by atoms with Crippen LogP contribution in [-0.4, -0.2) is 37.1 Å². The largest absolute Gasteiger partial charge is 0.327 e. The van der Waals surface area contributed by atoms with Crippen molar-refractivity contribution in [1.82, 2.24) is 24.6 Å². The van der Waals surface area contributed by atoms with Gasteiger partial charge in [-0.2, -0.15) is 0 Å². The Kier molecular flexibility index (Phi) is 4.72. The van der Waals surface area contributed by atoms with Crippen molar-refractivity contribution >= 4 is 50.7 Å². The molecular weight excluding hydrogens is 448 g/mol. The van der Waals surface area contributed by atoms with Gasteiger partial charge in [0.15, 0.2) is 16.7 Å². The molecule has 0 aliphatic carbocycles. The Balaban J connectivity index is 1.47. The van der Waals surface area contributed by atoms with Crippen LogP contribution < -0.4 is 0 Å². The van der Waals surface area contributed by atoms with Gasteiger partial charge in [-0.05, 0) is 37.3 Å². The van der Waals surface area contributed by atoms with Crippen molar-refractivity contribution in [1.29, 1.82) is 0 Å². The van der Waals surface area contributed by atoms with Crippen LogP contribution in [0.1, 0.15) is 29.1 Å². The third-order valence-electron chi connectivity index (χ3n) is 5.15. The van der Waals surface area contributed by atoms with Crippen LogP contribution in [0.15, 0.2) is 36.4 Å². The first-order valence-corrected chi connectivity index (χ1v) is 10.7. The molecule has 5 rings (SSSR count). The second kappa shape index (κ2) is 7.30. The predicted octanol–water partition coefficient (Wildman–Crippen LogP) is 5.22. The van der Waals surface area contributed by atoms with Gasteiger partial charge in [-0.15, -0.1) is 21.5 Å². The number of amides is 1. The summed E-state index contributed by atoms with van der Waals surface area (Å²) in [4.78, 5) is 19.3. The van der Waals surface area contributed by atoms with E-state index in [-0.39, 0.29) is 17.8 Å². The molecule has 0 saturated heterocycles. The van der Waals surface area contributed by atoms with Gasteiger partial charge in [0.1, 0.15) is 5.82 Å². The lowest BCUT2D eigenvalue weighted by Crippen LogP contribution is -2.41. The van der Waals surface area contributed by atoms with Crippen molar-refractivity contribution in [3.05, 3.63) is 63.6 Å². The standard InChI is InChI=1S/C20H14Cl2FN5OS/c1-10-17-25-26-18(19-24-15-9-12(23)3-5-16(15)30-19)28(17)7-6-27(10)20(29)11-2-4-13(21)14(22)8-11/h2-5,8-10H,6-7H2,1H3/t10-/m1/s1. The van der Waals surface area contributed by atoms with Crippen molar-refractivity contribution in [2.45, 2.75) is 19.5 Å². The minimum absolute atomic E-state index is 0.146. The Morgan fingerprint density at radius 2 is 1.97 bits per heavy atom. The molecule has 1 aliphatic rings. The van der Waals surface area contributed by atoms with Gasteiger partial charge < -0.3 is 9.47 Å². The number of benzene rings is 2. The summed E-state index contributed by atoms with van der Waals surface area (Å²) in [7, 11) is 0. The highest BCUT2D eigenvalue weighted by atomic mass is 35.5. The summed E-state index contributed by atoms with van der Waals surface area (Å²) in [6.07, 6.45) is 0. The van der Waals surface area contributed by atoms with Gasteiger partial charge >= 0.3 is 0 Å². The number of hydrogen-bond acceptors (Lipinski definition) is 5. The zero-order valence-electron chi connectivity index (χ0n) is 15.6. The summed E-state index contributed by atoms with van der Waals surface area (Å²) < 4.78 is 16.3. The maximum absolute atomic E-state index is 13.5. The predicted molar refractivity (Wildman–Crippen MR) is 115 cm³/mol. The van der Waals surface area contributed by atoms with Crippen LogP contribution >= 0.6 is 34.5 Å². The molecule has 2 aromatic heterocycles. The highest BCUT2D eigenvalue weighted by Crippen LogP contribution is 2.34. The Hall–Kier alpha value is -2.55. The smallest absolute Gasteiger partial charge is 0.254 e. The number of hydrogen-bond donors (Lipinski definition) is 0. The third-order valence-corrected chi connectivity index (χ3v) is 6.92. The topological polar surface area (TPSA) is 63.9 Å². The van der Waals surface area contributed by atoms with E-state index >= 15 is 0 Å². The van der Waals surface area contributed by atoms with Crippen LogP contribution in [0.25, 0.3) is 21.0 Å². The van der Waals surface area contributed by atoms with Gasteiger partial charge in [0, 0.05) is 24.7 Å². The van der Waals surface area contributed by atoms with Crippen LogP contribution in [0.2, 0.25) is 10.0 Å². The van der Waals surface area contributed by atoms with Crippen molar-refractivity contribution in [2.75, 3.05) is 6.54 Å². The minimum Gasteiger partial charge on any atom is -0.327 e. The van der Waals surface area contributed by atoms with Crippen molar-refractivity contribution in [3.8, 4) is 10.8 Å². The van der Waals surface area contributed by atoms with Gasteiger partial charge in [-0.1, -0.05) is 23.2 Å². The molecule has 0 radical (unpaired) electrons. The molecule has 0 unspecified atom stereocenters. The summed E-state index contributed by atoms with van der Waals surface area (Å²) in [5, 5.41) is 10.1. The maximum Gasteiger partial charge on any atom is 0.254 e. The molecule has 0 saturated carbocycles. The molecule has 0 spiro atoms. The molecule has 1 amide bonds. The molecule has 0 N–H and O–H groups in total. The number of fused-ring (bicyclic) bond motifs is 2. The van der Waals surface area contributed by atoms with E-state index < -0.39 is 0 Å². The number of halogens is 3. The van der Waals surface area contributed by atoms with E-state index in [2.05, 4.69) is 15.2 Å². The lowest BCUT2D eigenvalue weighted by Gasteiger charge is -2.33. The van der Waals surface area contributed by atoms with Gasteiger partial charge in [0.05, 0.1) is 26.3 Å². The summed E-state index contributed by atoms with van der Waals surface area (Å²) in [6, 6.07) is 9.09. The number of nitrogens with zero attached hydrogens (tertiary/aromatic N) is 5. The summed E-state index contributed by atoms with van der Waals surface area (Å²) in [5.74, 6) is 0.829. The minimum atomic E-state index is -0.326. The van der Waals surface area contributed by atoms with Crippen LogP contribution in [0.5, 0.6) is 0 Å². The molecular formula is C20H14Cl2FN5OS. The molecule has 2 aromatic carbocycles. The van der Waals surface area contributed by atoms with E-state index in [4.69, 9.17) is 23.2 Å². The summed E-state index contributed by atoms with van der Waals surface area (Å²) >= 11 is 13.5. The second-order valence-electron chi connectivity index (χ2n) is 6.97. The normalized spacial score (nSPS) is 16.1. The lowest BCUT2D eigenvalue weighted by atomic mass is 10.1. The van der Waals surface area contributed by atoms with Crippen LogP contribution in [0.3, 0.4) is 0 Å². The number of carbonyl (C=O) groups excluding carboxylic acids is 1.